The number of aryl methyl sites for hydroxylation is 2. The Balaban J connectivity index is 0.717. The Morgan fingerprint density at radius 3 is 1.40 bits per heavy atom. The lowest BCUT2D eigenvalue weighted by atomic mass is 10.1. The largest absolute Gasteiger partial charge is 0.472 e. The number of ether oxygens (including phenoxy) is 16. The van der Waals surface area contributed by atoms with Gasteiger partial charge in [0.05, 0.1) is 130 Å². The maximum absolute atomic E-state index is 15.7. The Labute approximate surface area is 842 Å². The number of aliphatic hydroxyl groups is 1. The van der Waals surface area contributed by atoms with E-state index >= 15 is 13.7 Å². The topological polar surface area (TPSA) is 795 Å². The number of phosphoric ester groups is 2. The Bertz CT molecular complexity index is 6440. The molecule has 8 aromatic heterocycles. The second kappa shape index (κ2) is 48.5. The average Bonchev–Trinajstić information content (AvgIpc) is 1.60. The summed E-state index contributed by atoms with van der Waals surface area (Å²) in [5, 5.41) is 14.5. The fourth-order valence-electron chi connectivity index (χ4n) is 16.9. The first-order valence-electron chi connectivity index (χ1n) is 44.8. The van der Waals surface area contributed by atoms with E-state index in [0.29, 0.717) is 5.57 Å². The number of thiol groups is 1. The molecule has 146 heavy (non-hydrogen) atoms. The van der Waals surface area contributed by atoms with Gasteiger partial charge < -0.3 is 148 Å². The van der Waals surface area contributed by atoms with Gasteiger partial charge in [-0.2, -0.15) is 9.97 Å². The molecule has 62 nitrogen and oxygen atoms in total. The van der Waals surface area contributed by atoms with Crippen LogP contribution in [0.3, 0.4) is 0 Å². The molecule has 0 aliphatic carbocycles. The van der Waals surface area contributed by atoms with Crippen molar-refractivity contribution >= 4 is 135 Å². The summed E-state index contributed by atoms with van der Waals surface area (Å²) >= 11 is 15.8. The van der Waals surface area contributed by atoms with Gasteiger partial charge in [-0.25, -0.2) is 63.0 Å². The van der Waals surface area contributed by atoms with Crippen molar-refractivity contribution in [1.82, 2.24) is 87.9 Å². The van der Waals surface area contributed by atoms with Crippen LogP contribution >= 0.6 is 48.1 Å². The Kier molecular flexibility index (Phi) is 37.3. The molecule has 0 spiro atoms. The number of carbonyl (C=O) groups is 1. The SMILES string of the molecule is CC[C@H]1O[C@@H](n2cnc3c(=O)[nH]c(N)nc32)C[C@H]1OP(O)(=S)OC[C@H]1O[C@@H](n2cc(C)c(N)nc2=O)C(OCCOC)[C@H]1OP(=O)(O)OC[C@H]1O[C@@H](n2cnc3c(N)ncnc32)C(OCCOC)[C@H]1OP(=O)(O)OC[C@H]1O[C@@H](n2cc(C)c(=O)[nH]c2=O)C(OCCOC)[C@H]1OP(=O)(S)OC[C@H]1O[C@@H](n2cnc3c(N)ncnc32)C(OCCOC)[C@H]1OP(O)(=S)OC[C@H]1O[C@@H](N2C=C(C)C(N)NC2=O)C(OCCOC)[C@H]1O. The number of aromatic nitrogens is 16. The molecule has 7 aliphatic rings. The minimum Gasteiger partial charge on any atom is -0.387 e. The number of phosphoric acid groups is 2. The molecule has 808 valence electrons. The number of amides is 2. The van der Waals surface area contributed by atoms with Crippen LogP contribution in [0.1, 0.15) is 69.0 Å². The first kappa shape index (κ1) is 112. The Hall–Kier alpha value is -7.72. The van der Waals surface area contributed by atoms with Crippen molar-refractivity contribution in [2.75, 3.05) is 158 Å². The number of methoxy groups -OCH3 is 5. The van der Waals surface area contributed by atoms with Crippen molar-refractivity contribution < 1.29 is 164 Å². The number of fused-ring (bicyclic) bond motifs is 3. The van der Waals surface area contributed by atoms with Crippen molar-refractivity contribution in [1.29, 1.82) is 0 Å². The van der Waals surface area contributed by atoms with Gasteiger partial charge >= 0.3 is 53.3 Å². The standard InChI is InChI=1S/C76H112N23O39P5S3/c1-10-38-39(21-45(128-38)97-32-88-48-65(97)91-73(81)92-67(48)102)134-141(110,144)126-28-43-51(55(119-17-12-114-6)69(131-43)95-23-36(3)60(78)90-75(95)104)136-139(106,107)123-26-41-50(56(120-18-13-115-7)71(132-41)98-33-86-46-61(79)82-30-84-63(46)98)135-140(108,109)124-27-42-52(57(121-19-14-116-8)70(130-42)96-24-37(4)66(101)93-76(96)105)137-143(112,146)127-29-44-53(58(122-20-15-117-9)72(133-44)99-34-87-47-62(80)83-31-85-64(47)99)138-142(111,145)125-25-40-49(100)54(118-16-11-113-5)68(129-40)94-22-35(2)59(77)89-74(94)103/h22-24,30-34,38-45,49-59,68-72,100H,10-21,25-29,77H2,1-9H3,(H,89,103)(H,106,107)(H,108,109)(H,110,144)(H,111,145)(H,112,146)(H2,78,90,104)(H2,79,82,84)(H2,80,83,85)(H,93,101,105)(H3,81,91,92,102)/t38-,39-,40-,41-,42-,43-,44-,45-,49+,50+,51+,52+,53+,54?,55?,56?,57?,58?,59?,68-,69-,70-,71-,72-,141?,142?,143?/m1/s1. The van der Waals surface area contributed by atoms with Crippen LogP contribution in [0.4, 0.5) is 28.2 Å². The van der Waals surface area contributed by atoms with Gasteiger partial charge in [-0.3, -0.25) is 79.0 Å². The minimum absolute atomic E-state index is 0.00338. The highest BCUT2D eigenvalue weighted by atomic mass is 32.7. The maximum atomic E-state index is 15.7. The predicted molar refractivity (Wildman–Crippen MR) is 508 cm³/mol. The normalized spacial score (nSPS) is 30.2. The number of nitrogens with two attached hydrogens (primary N) is 5. The predicted octanol–water partition coefficient (Wildman–Crippen LogP) is -1.02. The third-order valence-electron chi connectivity index (χ3n) is 23.9. The molecule has 0 radical (unpaired) electrons. The lowest BCUT2D eigenvalue weighted by Gasteiger charge is -2.34. The number of imidazole rings is 3. The molecule has 18 N–H and O–H groups in total. The first-order valence-corrected chi connectivity index (χ1v) is 55.6. The van der Waals surface area contributed by atoms with Gasteiger partial charge in [0.25, 0.3) is 11.1 Å². The molecule has 6 fully saturated rings. The van der Waals surface area contributed by atoms with Crippen LogP contribution in [0, 0.1) is 13.8 Å². The molecule has 0 aromatic carbocycles. The van der Waals surface area contributed by atoms with Crippen molar-refractivity contribution in [3.63, 3.8) is 0 Å². The molecule has 8 aromatic rings. The molecule has 2 amide bonds. The Morgan fingerprint density at radius 2 is 0.890 bits per heavy atom. The lowest BCUT2D eigenvalue weighted by Crippen LogP contribution is -2.57. The zero-order valence-electron chi connectivity index (χ0n) is 79.2. The summed E-state index contributed by atoms with van der Waals surface area (Å²) in [5.74, 6) is -0.576. The molecule has 6 saturated heterocycles. The monoisotopic (exact) mass is 2220 g/mol. The number of carbonyl (C=O) groups excluding carboxylic acids is 1. The number of aliphatic hydroxyl groups excluding tert-OH is 1. The molecule has 70 heteroatoms. The number of urea groups is 1. The molecule has 7 aliphatic heterocycles. The fourth-order valence-corrected chi connectivity index (χ4v) is 23.2. The number of nitrogens with one attached hydrogen (secondary N) is 3. The zero-order valence-corrected chi connectivity index (χ0v) is 86.2. The fraction of sp³-hybridized carbons (Fsp3) is 0.658. The van der Waals surface area contributed by atoms with Crippen molar-refractivity contribution in [2.24, 2.45) is 5.73 Å². The second-order valence-corrected chi connectivity index (χ2v) is 44.9. The van der Waals surface area contributed by atoms with Crippen LogP contribution in [0.5, 0.6) is 0 Å². The zero-order chi connectivity index (χ0) is 105. The van der Waals surface area contributed by atoms with Gasteiger partial charge in [-0.05, 0) is 56.4 Å². The summed E-state index contributed by atoms with van der Waals surface area (Å²) in [7, 11) is -4.96. The van der Waals surface area contributed by atoms with E-state index in [1.165, 1.54) is 94.5 Å². The van der Waals surface area contributed by atoms with Crippen LogP contribution in [-0.2, 0) is 158 Å². The van der Waals surface area contributed by atoms with Crippen molar-refractivity contribution in [3.8, 4) is 0 Å². The van der Waals surface area contributed by atoms with Gasteiger partial charge in [0.2, 0.25) is 5.95 Å². The number of hydrogen-bond donors (Lipinski definition) is 14. The molecular formula is C76H112N23O39P5S3. The second-order valence-electron chi connectivity index (χ2n) is 33.6. The lowest BCUT2D eigenvalue weighted by molar-refractivity contribution is -0.0906. The highest BCUT2D eigenvalue weighted by Crippen LogP contribution is 2.60. The number of rotatable bonds is 52. The van der Waals surface area contributed by atoms with E-state index in [-0.39, 0.29) is 147 Å². The number of H-pyrrole nitrogens is 2. The summed E-state index contributed by atoms with van der Waals surface area (Å²) in [5.41, 5.74) is 27.9. The summed E-state index contributed by atoms with van der Waals surface area (Å²) in [6.07, 6.45) is -27.2. The van der Waals surface area contributed by atoms with Gasteiger partial charge in [0.15, 0.2) is 65.2 Å². The molecule has 29 atom stereocenters. The van der Waals surface area contributed by atoms with Crippen LogP contribution in [0.2, 0.25) is 0 Å². The van der Waals surface area contributed by atoms with E-state index in [4.69, 9.17) is 173 Å². The van der Waals surface area contributed by atoms with E-state index in [1.807, 2.05) is 0 Å². The molecule has 0 saturated carbocycles. The van der Waals surface area contributed by atoms with Crippen LogP contribution in [-0.4, -0.2) is 364 Å². The van der Waals surface area contributed by atoms with Crippen molar-refractivity contribution in [2.45, 2.75) is 188 Å². The number of nitrogens with zero attached hydrogens (tertiary/aromatic N) is 15. The number of nitrogen functional groups attached to an aromatic ring is 4. The quantitative estimate of drug-likeness (QED) is 0.0123. The number of anilines is 4. The molecule has 0 bridgehead atoms. The van der Waals surface area contributed by atoms with E-state index in [1.54, 1.807) is 13.8 Å². The molecular weight excluding hydrogens is 2110 g/mol. The van der Waals surface area contributed by atoms with Crippen molar-refractivity contribution in [3.05, 3.63) is 109 Å². The average molecular weight is 2220 g/mol. The summed E-state index contributed by atoms with van der Waals surface area (Å²) in [4.78, 5) is 160. The van der Waals surface area contributed by atoms with Gasteiger partial charge in [0, 0.05) is 71.7 Å². The maximum Gasteiger partial charge on any atom is 0.472 e. The summed E-state index contributed by atoms with van der Waals surface area (Å²) in [6.45, 7) is -15.2. The highest BCUT2D eigenvalue weighted by molar-refractivity contribution is 8.44. The minimum atomic E-state index is -5.92. The van der Waals surface area contributed by atoms with Crippen LogP contribution < -0.4 is 56.5 Å². The van der Waals surface area contributed by atoms with Crippen LogP contribution in [0.15, 0.2) is 75.0 Å². The van der Waals surface area contributed by atoms with Gasteiger partial charge in [-0.1, -0.05) is 19.2 Å². The van der Waals surface area contributed by atoms with Gasteiger partial charge in [-0.15, -0.1) is 0 Å². The highest BCUT2D eigenvalue weighted by Gasteiger charge is 2.59. The summed E-state index contributed by atoms with van der Waals surface area (Å²) in [6, 6.07) is -0.710. The molecule has 15 heterocycles. The smallest absolute Gasteiger partial charge is 0.387 e. The van der Waals surface area contributed by atoms with E-state index in [2.05, 4.69) is 72.4 Å². The van der Waals surface area contributed by atoms with E-state index < -0.39 is 245 Å². The van der Waals surface area contributed by atoms with Gasteiger partial charge in [0.1, 0.15) is 133 Å². The number of hydrogen-bond acceptors (Lipinski definition) is 51. The number of aromatic amines is 2. The van der Waals surface area contributed by atoms with E-state index in [9.17, 15) is 48.7 Å². The third kappa shape index (κ3) is 26.1. The van der Waals surface area contributed by atoms with E-state index in [0.717, 1.165) is 32.9 Å². The molecule has 15 rings (SSSR count). The van der Waals surface area contributed by atoms with Crippen LogP contribution in [0.25, 0.3) is 33.5 Å². The third-order valence-corrected chi connectivity index (χ3v) is 30.6. The molecule has 11 unspecified atom stereocenters. The Morgan fingerprint density at radius 1 is 0.459 bits per heavy atom. The summed E-state index contributed by atoms with van der Waals surface area (Å²) < 4.78 is 210. The first-order chi connectivity index (χ1) is 69.6.